The quantitative estimate of drug-likeness (QED) is 0.529. The lowest BCUT2D eigenvalue weighted by Crippen LogP contribution is -2.21. The summed E-state index contributed by atoms with van der Waals surface area (Å²) in [6.45, 7) is 8.21. The highest BCUT2D eigenvalue weighted by Crippen LogP contribution is 2.08. The number of unbranched alkanes of at least 4 members (excludes halogenated alkanes) is 6. The number of rotatable bonds is 13. The van der Waals surface area contributed by atoms with E-state index < -0.39 is 10.0 Å². The molecule has 0 aromatic carbocycles. The van der Waals surface area contributed by atoms with Gasteiger partial charge >= 0.3 is 0 Å². The summed E-state index contributed by atoms with van der Waals surface area (Å²) in [6, 6.07) is 0. The van der Waals surface area contributed by atoms with E-state index in [4.69, 9.17) is 14.6 Å². The molecule has 21 heavy (non-hydrogen) atoms. The van der Waals surface area contributed by atoms with Crippen molar-refractivity contribution < 1.29 is 17.9 Å². The smallest absolute Gasteiger partial charge is 0.209 e. The van der Waals surface area contributed by atoms with Gasteiger partial charge in [0.1, 0.15) is 0 Å². The zero-order valence-corrected chi connectivity index (χ0v) is 14.7. The second-order valence-electron chi connectivity index (χ2n) is 6.42. The molecule has 0 aromatic heterocycles. The molecule has 0 aliphatic heterocycles. The van der Waals surface area contributed by atoms with Crippen molar-refractivity contribution in [3.8, 4) is 0 Å². The Morgan fingerprint density at radius 2 is 1.33 bits per heavy atom. The van der Waals surface area contributed by atoms with Crippen molar-refractivity contribution in [3.05, 3.63) is 0 Å². The second-order valence-corrected chi connectivity index (χ2v) is 8.15. The molecule has 0 amide bonds. The summed E-state index contributed by atoms with van der Waals surface area (Å²) in [5, 5.41) is 4.94. The molecule has 0 unspecified atom stereocenters. The van der Waals surface area contributed by atoms with Crippen LogP contribution in [0.15, 0.2) is 0 Å². The van der Waals surface area contributed by atoms with E-state index in [-0.39, 0.29) is 11.4 Å². The standard InChI is InChI=1S/C15H33NO4S/c1-15(2,3)20-13-12-19-11-9-7-5-4-6-8-10-14-21(16,17)18/h4-14H2,1-3H3,(H2,16,17,18). The third-order valence-corrected chi connectivity index (χ3v) is 3.84. The van der Waals surface area contributed by atoms with Crippen LogP contribution in [0.3, 0.4) is 0 Å². The van der Waals surface area contributed by atoms with Gasteiger partial charge in [0.2, 0.25) is 10.0 Å². The summed E-state index contributed by atoms with van der Waals surface area (Å²) < 4.78 is 32.5. The van der Waals surface area contributed by atoms with Crippen LogP contribution in [0.1, 0.15) is 65.7 Å². The van der Waals surface area contributed by atoms with Gasteiger partial charge in [-0.05, 0) is 33.6 Å². The minimum atomic E-state index is -3.27. The van der Waals surface area contributed by atoms with Gasteiger partial charge in [0, 0.05) is 6.61 Å². The number of sulfonamides is 1. The van der Waals surface area contributed by atoms with Crippen LogP contribution in [0.5, 0.6) is 0 Å². The van der Waals surface area contributed by atoms with Crippen LogP contribution in [0, 0.1) is 0 Å². The van der Waals surface area contributed by atoms with Crippen molar-refractivity contribution in [1.29, 1.82) is 0 Å². The maximum absolute atomic E-state index is 10.7. The van der Waals surface area contributed by atoms with Gasteiger partial charge in [0.15, 0.2) is 0 Å². The molecule has 0 aliphatic rings. The number of hydrogen-bond donors (Lipinski definition) is 1. The van der Waals surface area contributed by atoms with E-state index in [0.29, 0.717) is 19.6 Å². The van der Waals surface area contributed by atoms with Gasteiger partial charge < -0.3 is 9.47 Å². The van der Waals surface area contributed by atoms with Gasteiger partial charge in [-0.3, -0.25) is 0 Å². The first-order valence-electron chi connectivity index (χ1n) is 7.93. The summed E-state index contributed by atoms with van der Waals surface area (Å²) in [4.78, 5) is 0. The molecule has 0 spiro atoms. The molecule has 0 aromatic rings. The van der Waals surface area contributed by atoms with Gasteiger partial charge in [-0.2, -0.15) is 0 Å². The zero-order chi connectivity index (χ0) is 16.2. The Hall–Kier alpha value is -0.170. The number of nitrogens with two attached hydrogens (primary N) is 1. The van der Waals surface area contributed by atoms with E-state index in [1.807, 2.05) is 20.8 Å². The Bertz CT molecular complexity index is 336. The van der Waals surface area contributed by atoms with Crippen LogP contribution in [0.25, 0.3) is 0 Å². The predicted octanol–water partition coefficient (Wildman–Crippen LogP) is 2.84. The van der Waals surface area contributed by atoms with Crippen LogP contribution in [-0.4, -0.2) is 39.6 Å². The molecule has 0 atom stereocenters. The minimum Gasteiger partial charge on any atom is -0.379 e. The van der Waals surface area contributed by atoms with Crippen molar-refractivity contribution in [2.24, 2.45) is 5.14 Å². The molecule has 0 aliphatic carbocycles. The fourth-order valence-corrected chi connectivity index (χ4v) is 2.51. The minimum absolute atomic E-state index is 0.0907. The predicted molar refractivity (Wildman–Crippen MR) is 86.8 cm³/mol. The van der Waals surface area contributed by atoms with E-state index in [1.165, 1.54) is 6.42 Å². The molecule has 0 bridgehead atoms. The summed E-state index contributed by atoms with van der Waals surface area (Å²) >= 11 is 0. The highest BCUT2D eigenvalue weighted by atomic mass is 32.2. The van der Waals surface area contributed by atoms with Gasteiger partial charge in [-0.25, -0.2) is 13.6 Å². The van der Waals surface area contributed by atoms with Crippen molar-refractivity contribution in [2.45, 2.75) is 71.3 Å². The fourth-order valence-electron chi connectivity index (χ4n) is 1.90. The van der Waals surface area contributed by atoms with Crippen molar-refractivity contribution in [2.75, 3.05) is 25.6 Å². The van der Waals surface area contributed by atoms with Crippen molar-refractivity contribution >= 4 is 10.0 Å². The molecular weight excluding hydrogens is 290 g/mol. The summed E-state index contributed by atoms with van der Waals surface area (Å²) in [7, 11) is -3.27. The third kappa shape index (κ3) is 19.8. The number of primary sulfonamides is 1. The summed E-state index contributed by atoms with van der Waals surface area (Å²) in [6.07, 6.45) is 7.26. The first-order valence-corrected chi connectivity index (χ1v) is 9.64. The van der Waals surface area contributed by atoms with Gasteiger partial charge in [0.25, 0.3) is 0 Å². The first kappa shape index (κ1) is 20.8. The lowest BCUT2D eigenvalue weighted by molar-refractivity contribution is -0.0351. The average Bonchev–Trinajstić information content (AvgIpc) is 2.32. The highest BCUT2D eigenvalue weighted by molar-refractivity contribution is 7.89. The Morgan fingerprint density at radius 1 is 0.810 bits per heavy atom. The Morgan fingerprint density at radius 3 is 1.86 bits per heavy atom. The molecule has 128 valence electrons. The maximum atomic E-state index is 10.7. The Kier molecular flexibility index (Phi) is 11.3. The molecule has 0 saturated carbocycles. The van der Waals surface area contributed by atoms with Crippen molar-refractivity contribution in [3.63, 3.8) is 0 Å². The fraction of sp³-hybridized carbons (Fsp3) is 1.00. The average molecular weight is 323 g/mol. The SMILES string of the molecule is CC(C)(C)OCCOCCCCCCCCCS(N)(=O)=O. The third-order valence-electron chi connectivity index (χ3n) is 2.98. The largest absolute Gasteiger partial charge is 0.379 e. The highest BCUT2D eigenvalue weighted by Gasteiger charge is 2.08. The summed E-state index contributed by atoms with van der Waals surface area (Å²) in [5.74, 6) is 0.109. The molecule has 0 saturated heterocycles. The molecule has 0 radical (unpaired) electrons. The van der Waals surface area contributed by atoms with Crippen molar-refractivity contribution in [1.82, 2.24) is 0 Å². The van der Waals surface area contributed by atoms with E-state index in [2.05, 4.69) is 0 Å². The lowest BCUT2D eigenvalue weighted by atomic mass is 10.1. The normalized spacial score (nSPS) is 12.8. The summed E-state index contributed by atoms with van der Waals surface area (Å²) in [5.41, 5.74) is -0.0907. The molecule has 5 nitrogen and oxygen atoms in total. The van der Waals surface area contributed by atoms with Gasteiger partial charge in [-0.1, -0.05) is 32.1 Å². The molecule has 0 fully saturated rings. The van der Waals surface area contributed by atoms with E-state index >= 15 is 0 Å². The maximum Gasteiger partial charge on any atom is 0.209 e. The second kappa shape index (κ2) is 11.4. The topological polar surface area (TPSA) is 78.6 Å². The molecular formula is C15H33NO4S. The lowest BCUT2D eigenvalue weighted by Gasteiger charge is -2.19. The zero-order valence-electron chi connectivity index (χ0n) is 13.9. The Balaban J connectivity index is 3.13. The number of ether oxygens (including phenoxy) is 2. The molecule has 0 heterocycles. The molecule has 0 rings (SSSR count). The Labute approximate surface area is 130 Å². The van der Waals surface area contributed by atoms with Crippen LogP contribution >= 0.6 is 0 Å². The van der Waals surface area contributed by atoms with Crippen LogP contribution < -0.4 is 5.14 Å². The van der Waals surface area contributed by atoms with E-state index in [0.717, 1.165) is 38.7 Å². The molecule has 2 N–H and O–H groups in total. The molecule has 6 heteroatoms. The first-order chi connectivity index (χ1) is 9.71. The van der Waals surface area contributed by atoms with E-state index in [1.54, 1.807) is 0 Å². The van der Waals surface area contributed by atoms with Gasteiger partial charge in [0.05, 0.1) is 24.6 Å². The van der Waals surface area contributed by atoms with E-state index in [9.17, 15) is 8.42 Å². The monoisotopic (exact) mass is 323 g/mol. The van der Waals surface area contributed by atoms with Crippen LogP contribution in [0.4, 0.5) is 0 Å². The van der Waals surface area contributed by atoms with Gasteiger partial charge in [-0.15, -0.1) is 0 Å². The number of hydrogen-bond acceptors (Lipinski definition) is 4. The van der Waals surface area contributed by atoms with Crippen LogP contribution in [-0.2, 0) is 19.5 Å². The van der Waals surface area contributed by atoms with Crippen LogP contribution in [0.2, 0.25) is 0 Å².